The van der Waals surface area contributed by atoms with E-state index in [4.69, 9.17) is 9.47 Å². The summed E-state index contributed by atoms with van der Waals surface area (Å²) >= 11 is 0. The predicted octanol–water partition coefficient (Wildman–Crippen LogP) is 4.32. The molecule has 2 aromatic carbocycles. The summed E-state index contributed by atoms with van der Waals surface area (Å²) in [6.07, 6.45) is 0. The van der Waals surface area contributed by atoms with Crippen LogP contribution in [0.1, 0.15) is 35.8 Å². The summed E-state index contributed by atoms with van der Waals surface area (Å²) in [7, 11) is 0. The molecule has 1 amide bonds. The largest absolute Gasteiger partial charge is 0.454 e. The van der Waals surface area contributed by atoms with Gasteiger partial charge in [-0.3, -0.25) is 4.79 Å². The van der Waals surface area contributed by atoms with Crippen molar-refractivity contribution in [2.45, 2.75) is 19.8 Å². The van der Waals surface area contributed by atoms with Crippen LogP contribution in [0, 0.1) is 0 Å². The summed E-state index contributed by atoms with van der Waals surface area (Å²) in [5.74, 6) is 1.92. The van der Waals surface area contributed by atoms with Crippen molar-refractivity contribution in [3.8, 4) is 11.5 Å². The first-order valence-electron chi connectivity index (χ1n) is 9.01. The number of amides is 1. The Bertz CT molecular complexity index is 1000. The van der Waals surface area contributed by atoms with Gasteiger partial charge in [0.2, 0.25) is 6.79 Å². The molecular weight excluding hydrogens is 356 g/mol. The van der Waals surface area contributed by atoms with Crippen LogP contribution in [0.15, 0.2) is 54.6 Å². The van der Waals surface area contributed by atoms with Crippen molar-refractivity contribution in [2.24, 2.45) is 0 Å². The van der Waals surface area contributed by atoms with E-state index in [1.807, 2.05) is 42.5 Å². The fourth-order valence-electron chi connectivity index (χ4n) is 2.94. The van der Waals surface area contributed by atoms with Crippen LogP contribution in [0.2, 0.25) is 0 Å². The number of hydrogen-bond acceptors (Lipinski definition) is 6. The van der Waals surface area contributed by atoms with E-state index in [2.05, 4.69) is 34.7 Å². The molecule has 0 fully saturated rings. The predicted molar refractivity (Wildman–Crippen MR) is 106 cm³/mol. The highest BCUT2D eigenvalue weighted by Gasteiger charge is 2.15. The van der Waals surface area contributed by atoms with Gasteiger partial charge in [0.1, 0.15) is 0 Å². The molecule has 0 unspecified atom stereocenters. The molecule has 7 heteroatoms. The maximum absolute atomic E-state index is 12.5. The van der Waals surface area contributed by atoms with Crippen molar-refractivity contribution in [1.29, 1.82) is 0 Å². The summed E-state index contributed by atoms with van der Waals surface area (Å²) in [6, 6.07) is 16.6. The van der Waals surface area contributed by atoms with E-state index in [0.29, 0.717) is 23.2 Å². The van der Waals surface area contributed by atoms with Gasteiger partial charge in [-0.2, -0.15) is 0 Å². The van der Waals surface area contributed by atoms with E-state index >= 15 is 0 Å². The van der Waals surface area contributed by atoms with Crippen LogP contribution < -0.4 is 20.1 Å². The fraction of sp³-hybridized carbons (Fsp3) is 0.190. The van der Waals surface area contributed by atoms with Crippen molar-refractivity contribution in [2.75, 3.05) is 17.4 Å². The maximum Gasteiger partial charge on any atom is 0.276 e. The zero-order valence-electron chi connectivity index (χ0n) is 15.6. The zero-order chi connectivity index (χ0) is 19.5. The molecule has 0 saturated heterocycles. The van der Waals surface area contributed by atoms with Crippen LogP contribution in [0.25, 0.3) is 0 Å². The summed E-state index contributed by atoms with van der Waals surface area (Å²) < 4.78 is 10.7. The molecule has 7 nitrogen and oxygen atoms in total. The lowest BCUT2D eigenvalue weighted by atomic mass is 10.0. The summed E-state index contributed by atoms with van der Waals surface area (Å²) in [5, 5.41) is 14.2. The van der Waals surface area contributed by atoms with E-state index < -0.39 is 0 Å². The second kappa shape index (κ2) is 7.56. The molecule has 0 saturated carbocycles. The number of carbonyl (C=O) groups excluding carboxylic acids is 1. The molecule has 4 rings (SSSR count). The topological polar surface area (TPSA) is 85.4 Å². The smallest absolute Gasteiger partial charge is 0.276 e. The molecule has 1 aliphatic rings. The average Bonchev–Trinajstić information content (AvgIpc) is 3.16. The van der Waals surface area contributed by atoms with E-state index in [1.165, 1.54) is 0 Å². The van der Waals surface area contributed by atoms with E-state index in [1.54, 1.807) is 12.1 Å². The van der Waals surface area contributed by atoms with Crippen molar-refractivity contribution in [1.82, 2.24) is 10.2 Å². The summed E-state index contributed by atoms with van der Waals surface area (Å²) in [6.45, 7) is 4.39. The Morgan fingerprint density at radius 3 is 2.61 bits per heavy atom. The first kappa shape index (κ1) is 17.8. The van der Waals surface area contributed by atoms with Gasteiger partial charge < -0.3 is 20.1 Å². The molecule has 0 atom stereocenters. The number of para-hydroxylation sites is 1. The Balaban J connectivity index is 1.45. The molecule has 28 heavy (non-hydrogen) atoms. The Morgan fingerprint density at radius 2 is 1.82 bits per heavy atom. The van der Waals surface area contributed by atoms with Crippen molar-refractivity contribution < 1.29 is 14.3 Å². The number of nitrogens with one attached hydrogen (secondary N) is 2. The number of nitrogens with zero attached hydrogens (tertiary/aromatic N) is 2. The molecule has 0 spiro atoms. The molecule has 0 radical (unpaired) electrons. The lowest BCUT2D eigenvalue weighted by Crippen LogP contribution is -2.16. The molecule has 2 N–H and O–H groups in total. The van der Waals surface area contributed by atoms with Gasteiger partial charge in [-0.15, -0.1) is 10.2 Å². The molecule has 3 aromatic rings. The van der Waals surface area contributed by atoms with Crippen LogP contribution in [-0.2, 0) is 0 Å². The van der Waals surface area contributed by atoms with Crippen LogP contribution in [0.3, 0.4) is 0 Å². The number of rotatable bonds is 5. The quantitative estimate of drug-likeness (QED) is 0.690. The maximum atomic E-state index is 12.5. The minimum Gasteiger partial charge on any atom is -0.454 e. The standard InChI is InChI=1S/C21H20N4O3/c1-13(2)15-5-3-4-6-16(15)23-21(26)17-8-10-20(25-24-17)22-14-7-9-18-19(11-14)28-12-27-18/h3-11,13H,12H2,1-2H3,(H,22,25)(H,23,26). The van der Waals surface area contributed by atoms with E-state index in [-0.39, 0.29) is 18.4 Å². The van der Waals surface area contributed by atoms with Gasteiger partial charge in [-0.05, 0) is 41.8 Å². The first-order chi connectivity index (χ1) is 13.6. The van der Waals surface area contributed by atoms with Crippen LogP contribution >= 0.6 is 0 Å². The Morgan fingerprint density at radius 1 is 1.00 bits per heavy atom. The van der Waals surface area contributed by atoms with Gasteiger partial charge >= 0.3 is 0 Å². The highest BCUT2D eigenvalue weighted by molar-refractivity contribution is 6.03. The highest BCUT2D eigenvalue weighted by atomic mass is 16.7. The normalized spacial score (nSPS) is 12.1. The van der Waals surface area contributed by atoms with Gasteiger partial charge in [0.05, 0.1) is 0 Å². The Labute approximate surface area is 162 Å². The van der Waals surface area contributed by atoms with Crippen molar-refractivity contribution in [3.63, 3.8) is 0 Å². The Kier molecular flexibility index (Phi) is 4.80. The van der Waals surface area contributed by atoms with E-state index in [9.17, 15) is 4.79 Å². The monoisotopic (exact) mass is 376 g/mol. The Hall–Kier alpha value is -3.61. The lowest BCUT2D eigenvalue weighted by Gasteiger charge is -2.13. The molecule has 2 heterocycles. The molecule has 1 aliphatic heterocycles. The van der Waals surface area contributed by atoms with Gasteiger partial charge in [0, 0.05) is 17.4 Å². The molecule has 1 aromatic heterocycles. The van der Waals surface area contributed by atoms with Crippen molar-refractivity contribution >= 4 is 23.1 Å². The fourth-order valence-corrected chi connectivity index (χ4v) is 2.94. The van der Waals surface area contributed by atoms with Crippen LogP contribution in [-0.4, -0.2) is 22.9 Å². The minimum atomic E-state index is -0.296. The third kappa shape index (κ3) is 3.73. The van der Waals surface area contributed by atoms with Gasteiger partial charge in [0.25, 0.3) is 5.91 Å². The summed E-state index contributed by atoms with van der Waals surface area (Å²) in [4.78, 5) is 12.5. The SMILES string of the molecule is CC(C)c1ccccc1NC(=O)c1ccc(Nc2ccc3c(c2)OCO3)nn1. The van der Waals surface area contributed by atoms with Gasteiger partial charge in [0.15, 0.2) is 23.0 Å². The van der Waals surface area contributed by atoms with Crippen LogP contribution in [0.5, 0.6) is 11.5 Å². The number of ether oxygens (including phenoxy) is 2. The average molecular weight is 376 g/mol. The number of anilines is 3. The zero-order valence-corrected chi connectivity index (χ0v) is 15.6. The first-order valence-corrected chi connectivity index (χ1v) is 9.01. The second-order valence-electron chi connectivity index (χ2n) is 6.69. The third-order valence-corrected chi connectivity index (χ3v) is 4.37. The second-order valence-corrected chi connectivity index (χ2v) is 6.69. The summed E-state index contributed by atoms with van der Waals surface area (Å²) in [5.41, 5.74) is 2.90. The third-order valence-electron chi connectivity index (χ3n) is 4.37. The van der Waals surface area contributed by atoms with E-state index in [0.717, 1.165) is 16.9 Å². The number of aromatic nitrogens is 2. The minimum absolute atomic E-state index is 0.225. The lowest BCUT2D eigenvalue weighted by molar-refractivity contribution is 0.102. The number of fused-ring (bicyclic) bond motifs is 1. The molecule has 0 aliphatic carbocycles. The molecule has 0 bridgehead atoms. The van der Waals surface area contributed by atoms with Gasteiger partial charge in [-0.25, -0.2) is 0 Å². The molecular formula is C21H20N4O3. The number of hydrogen-bond donors (Lipinski definition) is 2. The number of benzene rings is 2. The molecule has 142 valence electrons. The van der Waals surface area contributed by atoms with Gasteiger partial charge in [-0.1, -0.05) is 32.0 Å². The van der Waals surface area contributed by atoms with Crippen molar-refractivity contribution in [3.05, 3.63) is 65.9 Å². The highest BCUT2D eigenvalue weighted by Crippen LogP contribution is 2.34. The number of carbonyl (C=O) groups is 1. The van der Waals surface area contributed by atoms with Crippen LogP contribution in [0.4, 0.5) is 17.2 Å².